The van der Waals surface area contributed by atoms with E-state index in [0.29, 0.717) is 16.2 Å². The molecule has 12 aromatic carbocycles. The number of fused-ring (bicyclic) bond motifs is 6. The Morgan fingerprint density at radius 3 is 0.667 bits per heavy atom. The van der Waals surface area contributed by atoms with Gasteiger partial charge in [0.25, 0.3) is 0 Å². The Hall–Kier alpha value is -12.9. The molecule has 6 heteroatoms. The standard InChI is InChI=1S/C25H30N.C25H32N.C24H28N.C24H30N.C23H26N.C23H28N/c1-16-12-17(2)19(4)24(13-16)25-22-11-10-21(20-8-6-7-9-20)14-23(22)18(3)15-26(25)5;1-16-11-17(2)19(4)23(12-16)24-21-10-9-20(14-25(5,6)7)13-22(21)18(3)15-26(24)8;1-16-9-10-17(2)23(13-16)24-21-12-11-20(19-7-5-6-8-19)14-22(21)18(3)15-25(24)4;1-16-8-9-17(2)22(12-16)23-20-11-10-19(14-24(4,5)6)13-21(20)18(3)15-25(23)7;1-16-8-4-7-11-20(16)23-21-13-12-19(18-9-5-6-10-18)14-22(21)17(2)15-24(23)3;1-16-9-7-8-10-19(16)22-20-12-11-18(14-23(3,4)5)13-21(20)17(2)15-24(22)6/h10-15,20H,6-9H2,1-5H3;9-13,15H,14H2,1-8H3;9-15,19H,5-8H2,1-4H3;8-13,15H,14H2,1-7H3;4,7-8,11-15,18H,5-6,9-10H2,1-3H3;7-13,15H,14H2,1-6H3/q6*+1. The van der Waals surface area contributed by atoms with E-state index in [1.165, 1.54) is 343 Å². The average molecular weight is 1990 g/mol. The van der Waals surface area contributed by atoms with Gasteiger partial charge in [0.2, 0.25) is 34.2 Å². The van der Waals surface area contributed by atoms with Crippen LogP contribution in [0.5, 0.6) is 0 Å². The van der Waals surface area contributed by atoms with Gasteiger partial charge < -0.3 is 0 Å². The lowest BCUT2D eigenvalue weighted by Gasteiger charge is -2.19. The van der Waals surface area contributed by atoms with E-state index in [4.69, 9.17) is 0 Å². The summed E-state index contributed by atoms with van der Waals surface area (Å²) >= 11 is 0. The summed E-state index contributed by atoms with van der Waals surface area (Å²) in [6.07, 6.45) is 33.4. The van der Waals surface area contributed by atoms with Crippen molar-refractivity contribution in [3.63, 3.8) is 0 Å². The second-order valence-corrected chi connectivity index (χ2v) is 49.6. The van der Waals surface area contributed by atoms with Gasteiger partial charge in [0.05, 0.1) is 43.4 Å². The zero-order valence-corrected chi connectivity index (χ0v) is 97.8. The van der Waals surface area contributed by atoms with Crippen molar-refractivity contribution < 1.29 is 27.4 Å². The van der Waals surface area contributed by atoms with Gasteiger partial charge in [0.1, 0.15) is 42.3 Å². The van der Waals surface area contributed by atoms with Crippen LogP contribution in [-0.4, -0.2) is 0 Å². The lowest BCUT2D eigenvalue weighted by molar-refractivity contribution is -0.659. The highest BCUT2D eigenvalue weighted by Crippen LogP contribution is 2.45. The first-order chi connectivity index (χ1) is 71.1. The minimum Gasteiger partial charge on any atom is -0.200 e. The molecule has 0 bridgehead atoms. The minimum absolute atomic E-state index is 0.300. The molecular weight excluding hydrogens is 1810 g/mol. The van der Waals surface area contributed by atoms with E-state index in [9.17, 15) is 0 Å². The van der Waals surface area contributed by atoms with Gasteiger partial charge in [0.15, 0.2) is 37.2 Å². The van der Waals surface area contributed by atoms with Crippen LogP contribution < -0.4 is 27.4 Å². The zero-order chi connectivity index (χ0) is 108. The third-order valence-electron chi connectivity index (χ3n) is 32.8. The van der Waals surface area contributed by atoms with Crippen molar-refractivity contribution in [2.24, 2.45) is 58.5 Å². The van der Waals surface area contributed by atoms with Crippen molar-refractivity contribution >= 4 is 64.6 Å². The molecule has 0 amide bonds. The first-order valence-electron chi connectivity index (χ1n) is 56.1. The predicted octanol–water partition coefficient (Wildman–Crippen LogP) is 35.3. The van der Waals surface area contributed by atoms with Crippen LogP contribution in [0.3, 0.4) is 0 Å². The van der Waals surface area contributed by atoms with Crippen LogP contribution in [0, 0.1) is 141 Å². The molecule has 3 fully saturated rings. The van der Waals surface area contributed by atoms with Crippen LogP contribution in [0.2, 0.25) is 0 Å². The molecule has 6 aromatic heterocycles. The van der Waals surface area contributed by atoms with Crippen LogP contribution in [-0.2, 0) is 61.5 Å². The number of rotatable bonds is 12. The molecule has 0 N–H and O–H groups in total. The Balaban J connectivity index is 0.000000128. The number of hydrogen-bond acceptors (Lipinski definition) is 0. The SMILES string of the molecule is Cc1cc(C)c(C)c(-c2c3ccc(C4CCCC4)cc3c(C)c[n+]2C)c1.Cc1cc(C)c(C)c(-c2c3ccc(CC(C)(C)C)cc3c(C)c[n+]2C)c1.Cc1ccc(C)c(-c2c3ccc(C4CCCC4)cc3c(C)c[n+]2C)c1.Cc1ccc(C)c(-c2c3ccc(CC(C)(C)C)cc3c(C)c[n+]2C)c1.Cc1ccccc1-c1c2ccc(C3CCCC3)cc2c(C)c[n+]1C.Cc1ccccc1-c1c2ccc(CC(C)(C)C)cc2c(C)c[n+]1C. The Morgan fingerprint density at radius 1 is 0.193 bits per heavy atom. The highest BCUT2D eigenvalue weighted by molar-refractivity contribution is 6.01. The molecule has 6 nitrogen and oxygen atoms in total. The van der Waals surface area contributed by atoms with Gasteiger partial charge in [-0.15, -0.1) is 0 Å². The van der Waals surface area contributed by atoms with Crippen LogP contribution in [0.25, 0.3) is 132 Å². The van der Waals surface area contributed by atoms with E-state index in [2.05, 4.69) is 512 Å². The maximum atomic E-state index is 2.47. The molecule has 3 saturated carbocycles. The number of nitrogens with zero attached hydrogens (tertiary/aromatic N) is 6. The van der Waals surface area contributed by atoms with Crippen molar-refractivity contribution in [3.05, 3.63) is 389 Å². The van der Waals surface area contributed by atoms with Gasteiger partial charge in [0, 0.05) is 55.6 Å². The lowest BCUT2D eigenvalue weighted by atomic mass is 9.86. The van der Waals surface area contributed by atoms with E-state index < -0.39 is 0 Å². The smallest absolute Gasteiger partial charge is 0.200 e. The second-order valence-electron chi connectivity index (χ2n) is 49.6. The second kappa shape index (κ2) is 45.7. The average Bonchev–Trinajstić information content (AvgIpc) is 1.28. The van der Waals surface area contributed by atoms with Crippen molar-refractivity contribution in [2.75, 3.05) is 0 Å². The summed E-state index contributed by atoms with van der Waals surface area (Å²) in [5.74, 6) is 2.30. The molecule has 150 heavy (non-hydrogen) atoms. The fourth-order valence-electron chi connectivity index (χ4n) is 25.3. The molecule has 3 aliphatic rings. The first kappa shape index (κ1) is 110. The van der Waals surface area contributed by atoms with Gasteiger partial charge in [-0.2, -0.15) is 0 Å². The van der Waals surface area contributed by atoms with Crippen molar-refractivity contribution in [1.29, 1.82) is 0 Å². The highest BCUT2D eigenvalue weighted by atomic mass is 15.0. The molecule has 3 aliphatic carbocycles. The summed E-state index contributed by atoms with van der Waals surface area (Å²) in [6, 6.07) is 82.8. The van der Waals surface area contributed by atoms with Crippen molar-refractivity contribution in [3.8, 4) is 67.5 Å². The summed E-state index contributed by atoms with van der Waals surface area (Å²) in [7, 11) is 13.0. The molecule has 0 atom stereocenters. The van der Waals surface area contributed by atoms with Crippen molar-refractivity contribution in [1.82, 2.24) is 0 Å². The van der Waals surface area contributed by atoms with Crippen molar-refractivity contribution in [2.45, 2.75) is 301 Å². The molecular formula is C144H174N6+6. The Morgan fingerprint density at radius 2 is 0.413 bits per heavy atom. The Bertz CT molecular complexity index is 8130. The molecule has 18 aromatic rings. The summed E-state index contributed by atoms with van der Waals surface area (Å²) in [5.41, 5.74) is 49.9. The number of pyridine rings is 6. The van der Waals surface area contributed by atoms with Crippen LogP contribution in [0.15, 0.2) is 256 Å². The first-order valence-corrected chi connectivity index (χ1v) is 56.1. The van der Waals surface area contributed by atoms with E-state index >= 15 is 0 Å². The van der Waals surface area contributed by atoms with E-state index in [1.807, 2.05) is 0 Å². The Kier molecular flexibility index (Phi) is 33.5. The van der Waals surface area contributed by atoms with Gasteiger partial charge in [-0.1, -0.05) is 269 Å². The van der Waals surface area contributed by atoms with Crippen LogP contribution >= 0.6 is 0 Å². The van der Waals surface area contributed by atoms with E-state index in [0.717, 1.165) is 37.0 Å². The van der Waals surface area contributed by atoms with Gasteiger partial charge in [-0.25, -0.2) is 27.4 Å². The minimum atomic E-state index is 0.300. The normalized spacial score (nSPS) is 13.6. The number of benzene rings is 12. The molecule has 0 aliphatic heterocycles. The summed E-state index contributed by atoms with van der Waals surface area (Å²) in [4.78, 5) is 0. The molecule has 21 rings (SSSR count). The maximum Gasteiger partial charge on any atom is 0.220 e. The summed E-state index contributed by atoms with van der Waals surface area (Å²) in [5, 5.41) is 16.5. The number of hydrogen-bond donors (Lipinski definition) is 0. The Labute approximate surface area is 901 Å². The molecule has 0 radical (unpaired) electrons. The fraction of sp³-hybridized carbons (Fsp3) is 0.375. The zero-order valence-electron chi connectivity index (χ0n) is 97.8. The molecule has 0 spiro atoms. The topological polar surface area (TPSA) is 23.3 Å². The highest BCUT2D eigenvalue weighted by Gasteiger charge is 2.31. The third-order valence-corrected chi connectivity index (χ3v) is 32.8. The van der Waals surface area contributed by atoms with Gasteiger partial charge in [-0.3, -0.25) is 0 Å². The molecule has 774 valence electrons. The largest absolute Gasteiger partial charge is 0.220 e. The van der Waals surface area contributed by atoms with Gasteiger partial charge in [-0.05, 0) is 399 Å². The number of aryl methyl sites for hydroxylation is 22. The van der Waals surface area contributed by atoms with Gasteiger partial charge >= 0.3 is 0 Å². The van der Waals surface area contributed by atoms with E-state index in [-0.39, 0.29) is 0 Å². The third kappa shape index (κ3) is 24.8. The number of aromatic nitrogens is 6. The predicted molar refractivity (Wildman–Crippen MR) is 642 cm³/mol. The summed E-state index contributed by atoms with van der Waals surface area (Å²) in [6.45, 7) is 60.6. The van der Waals surface area contributed by atoms with E-state index in [1.54, 1.807) is 0 Å². The summed E-state index contributed by atoms with van der Waals surface area (Å²) < 4.78 is 13.7. The lowest BCUT2D eigenvalue weighted by Crippen LogP contribution is -2.31. The monoisotopic (exact) mass is 1990 g/mol. The molecule has 6 heterocycles. The van der Waals surface area contributed by atoms with Crippen LogP contribution in [0.4, 0.5) is 0 Å². The molecule has 0 unspecified atom stereocenters. The quantitative estimate of drug-likeness (QED) is 0.109. The fourth-order valence-corrected chi connectivity index (χ4v) is 25.3. The molecule has 0 saturated heterocycles. The maximum absolute atomic E-state index is 2.47. The van der Waals surface area contributed by atoms with Crippen LogP contribution in [0.1, 0.15) is 291 Å².